The van der Waals surface area contributed by atoms with Crippen molar-refractivity contribution in [3.8, 4) is 21.7 Å². The lowest BCUT2D eigenvalue weighted by Gasteiger charge is -2.36. The van der Waals surface area contributed by atoms with Crippen LogP contribution in [0.3, 0.4) is 0 Å². The van der Waals surface area contributed by atoms with Gasteiger partial charge in [0.1, 0.15) is 16.1 Å². The van der Waals surface area contributed by atoms with Crippen LogP contribution in [0.25, 0.3) is 32.6 Å². The van der Waals surface area contributed by atoms with Crippen LogP contribution in [-0.2, 0) is 21.6 Å². The molecule has 0 saturated heterocycles. The van der Waals surface area contributed by atoms with Crippen LogP contribution in [0.4, 0.5) is 13.2 Å². The van der Waals surface area contributed by atoms with Gasteiger partial charge in [-0.05, 0) is 46.5 Å². The minimum Gasteiger partial charge on any atom is -0.252 e. The number of thiophene rings is 1. The van der Waals surface area contributed by atoms with Crippen molar-refractivity contribution >= 4 is 32.1 Å². The smallest absolute Gasteiger partial charge is 0.252 e. The third kappa shape index (κ3) is 5.41. The second-order valence-corrected chi connectivity index (χ2v) is 14.3. The van der Waals surface area contributed by atoms with Crippen molar-refractivity contribution in [1.29, 1.82) is 0 Å². The van der Waals surface area contributed by atoms with E-state index >= 15 is 0 Å². The molecule has 3 aromatic heterocycles. The number of hydrogen-bond acceptors (Lipinski definition) is 6. The standard InChI is InChI=1S/C36H25F3N4O2S2/c1-47(44,45)32-20-19-31(46-32)33-28-21-24(17-18-30(28)40-23-41-33)29-22-43(42-34(29)36(37,38)39)35(25-11-5-2-6-12-25,26-13-7-3-8-14-26)27-15-9-4-10-16-27/h2-23H,1H3. The van der Waals surface area contributed by atoms with E-state index in [2.05, 4.69) is 15.1 Å². The fourth-order valence-electron chi connectivity index (χ4n) is 5.97. The van der Waals surface area contributed by atoms with E-state index in [9.17, 15) is 21.6 Å². The van der Waals surface area contributed by atoms with Gasteiger partial charge < -0.3 is 0 Å². The van der Waals surface area contributed by atoms with Crippen LogP contribution in [0.5, 0.6) is 0 Å². The number of nitrogens with zero attached hydrogens (tertiary/aromatic N) is 4. The zero-order valence-electron chi connectivity index (χ0n) is 24.8. The van der Waals surface area contributed by atoms with Gasteiger partial charge >= 0.3 is 6.18 Å². The maximum atomic E-state index is 15.0. The molecule has 0 aliphatic carbocycles. The summed E-state index contributed by atoms with van der Waals surface area (Å²) >= 11 is 1.04. The van der Waals surface area contributed by atoms with Crippen molar-refractivity contribution in [3.63, 3.8) is 0 Å². The number of hydrogen-bond donors (Lipinski definition) is 0. The third-order valence-electron chi connectivity index (χ3n) is 8.03. The molecular weight excluding hydrogens is 642 g/mol. The van der Waals surface area contributed by atoms with Crippen molar-refractivity contribution in [2.75, 3.05) is 6.26 Å². The predicted octanol–water partition coefficient (Wildman–Crippen LogP) is 8.48. The summed E-state index contributed by atoms with van der Waals surface area (Å²) in [4.78, 5) is 9.28. The maximum absolute atomic E-state index is 15.0. The lowest BCUT2D eigenvalue weighted by Crippen LogP contribution is -2.38. The molecule has 0 N–H and O–H groups in total. The summed E-state index contributed by atoms with van der Waals surface area (Å²) in [5, 5.41) is 4.83. The number of rotatable bonds is 7. The first-order valence-corrected chi connectivity index (χ1v) is 17.2. The van der Waals surface area contributed by atoms with E-state index in [0.29, 0.717) is 21.5 Å². The van der Waals surface area contributed by atoms with E-state index in [1.165, 1.54) is 23.3 Å². The van der Waals surface area contributed by atoms with Gasteiger partial charge in [0, 0.05) is 23.4 Å². The highest BCUT2D eigenvalue weighted by atomic mass is 32.2. The fourth-order valence-corrected chi connectivity index (χ4v) is 7.91. The molecule has 0 spiro atoms. The molecule has 7 aromatic rings. The highest BCUT2D eigenvalue weighted by molar-refractivity contribution is 7.92. The molecule has 11 heteroatoms. The molecule has 0 atom stereocenters. The molecule has 0 aliphatic heterocycles. The van der Waals surface area contributed by atoms with Gasteiger partial charge in [-0.15, -0.1) is 11.3 Å². The zero-order valence-corrected chi connectivity index (χ0v) is 26.4. The molecule has 3 heterocycles. The van der Waals surface area contributed by atoms with Gasteiger partial charge in [0.2, 0.25) is 0 Å². The molecule has 0 unspecified atom stereocenters. The molecule has 0 radical (unpaired) electrons. The second-order valence-electron chi connectivity index (χ2n) is 11.0. The van der Waals surface area contributed by atoms with Crippen molar-refractivity contribution in [2.24, 2.45) is 0 Å². The average Bonchev–Trinajstić information content (AvgIpc) is 3.76. The average molecular weight is 667 g/mol. The molecule has 234 valence electrons. The number of aromatic nitrogens is 4. The minimum absolute atomic E-state index is 0.121. The number of benzene rings is 4. The SMILES string of the molecule is CS(=O)(=O)c1ccc(-c2ncnc3ccc(-c4cn(C(c5ccccc5)(c5ccccc5)c5ccccc5)nc4C(F)(F)F)cc23)s1. The van der Waals surface area contributed by atoms with Crippen LogP contribution in [-0.4, -0.2) is 34.4 Å². The third-order valence-corrected chi connectivity index (χ3v) is 10.9. The topological polar surface area (TPSA) is 77.7 Å². The Morgan fingerprint density at radius 3 is 1.81 bits per heavy atom. The fraction of sp³-hybridized carbons (Fsp3) is 0.0833. The first-order valence-electron chi connectivity index (χ1n) is 14.5. The number of alkyl halides is 3. The monoisotopic (exact) mass is 666 g/mol. The van der Waals surface area contributed by atoms with E-state index in [1.807, 2.05) is 91.0 Å². The first kappa shape index (κ1) is 30.5. The predicted molar refractivity (Wildman–Crippen MR) is 177 cm³/mol. The molecular formula is C36H25F3N4O2S2. The summed E-state index contributed by atoms with van der Waals surface area (Å²) < 4.78 is 70.8. The van der Waals surface area contributed by atoms with E-state index in [-0.39, 0.29) is 15.3 Å². The van der Waals surface area contributed by atoms with Crippen LogP contribution in [0.1, 0.15) is 22.4 Å². The van der Waals surface area contributed by atoms with E-state index < -0.39 is 27.2 Å². The zero-order chi connectivity index (χ0) is 32.8. The summed E-state index contributed by atoms with van der Waals surface area (Å²) in [6, 6.07) is 36.0. The van der Waals surface area contributed by atoms with Crippen LogP contribution < -0.4 is 0 Å². The maximum Gasteiger partial charge on any atom is 0.435 e. The summed E-state index contributed by atoms with van der Waals surface area (Å²) in [6.45, 7) is 0. The van der Waals surface area contributed by atoms with Crippen LogP contribution in [0, 0.1) is 0 Å². The Hall–Kier alpha value is -5.13. The normalized spacial score (nSPS) is 12.4. The largest absolute Gasteiger partial charge is 0.435 e. The van der Waals surface area contributed by atoms with Crippen molar-refractivity contribution < 1.29 is 21.6 Å². The van der Waals surface area contributed by atoms with E-state index in [0.717, 1.165) is 34.3 Å². The highest BCUT2D eigenvalue weighted by Gasteiger charge is 2.44. The minimum atomic E-state index is -4.79. The van der Waals surface area contributed by atoms with Crippen LogP contribution >= 0.6 is 11.3 Å². The summed E-state index contributed by atoms with van der Waals surface area (Å²) in [5.74, 6) is 0. The molecule has 47 heavy (non-hydrogen) atoms. The van der Waals surface area contributed by atoms with Gasteiger partial charge in [0.05, 0.1) is 16.1 Å². The summed E-state index contributed by atoms with van der Waals surface area (Å²) in [5.41, 5.74) is 0.950. The number of halogens is 3. The van der Waals surface area contributed by atoms with Gasteiger partial charge in [-0.3, -0.25) is 4.68 Å². The molecule has 7 rings (SSSR count). The Morgan fingerprint density at radius 1 is 0.723 bits per heavy atom. The molecule has 0 amide bonds. The van der Waals surface area contributed by atoms with Gasteiger partial charge in [-0.2, -0.15) is 18.3 Å². The van der Waals surface area contributed by atoms with E-state index in [4.69, 9.17) is 0 Å². The molecule has 0 aliphatic rings. The van der Waals surface area contributed by atoms with Crippen molar-refractivity contribution in [3.05, 3.63) is 156 Å². The Bertz CT molecular complexity index is 2220. The molecule has 4 aromatic carbocycles. The molecule has 0 fully saturated rings. The van der Waals surface area contributed by atoms with Crippen molar-refractivity contribution in [1.82, 2.24) is 19.7 Å². The Labute approximate surface area is 272 Å². The lowest BCUT2D eigenvalue weighted by atomic mass is 9.77. The molecule has 6 nitrogen and oxygen atoms in total. The Balaban J connectivity index is 1.50. The van der Waals surface area contributed by atoms with Gasteiger partial charge in [-0.25, -0.2) is 18.4 Å². The Morgan fingerprint density at radius 2 is 1.30 bits per heavy atom. The molecule has 0 bridgehead atoms. The number of fused-ring (bicyclic) bond motifs is 1. The van der Waals surface area contributed by atoms with Gasteiger partial charge in [-0.1, -0.05) is 97.1 Å². The highest BCUT2D eigenvalue weighted by Crippen LogP contribution is 2.45. The van der Waals surface area contributed by atoms with Gasteiger partial charge in [0.15, 0.2) is 15.5 Å². The van der Waals surface area contributed by atoms with Gasteiger partial charge in [0.25, 0.3) is 0 Å². The van der Waals surface area contributed by atoms with Crippen LogP contribution in [0.2, 0.25) is 0 Å². The lowest BCUT2D eigenvalue weighted by molar-refractivity contribution is -0.141. The molecule has 0 saturated carbocycles. The van der Waals surface area contributed by atoms with Crippen LogP contribution in [0.15, 0.2) is 138 Å². The Kier molecular flexibility index (Phi) is 7.53. The van der Waals surface area contributed by atoms with Crippen molar-refractivity contribution in [2.45, 2.75) is 15.9 Å². The number of sulfone groups is 1. The van der Waals surface area contributed by atoms with E-state index in [1.54, 1.807) is 24.3 Å². The first-order chi connectivity index (χ1) is 22.6. The summed E-state index contributed by atoms with van der Waals surface area (Å²) in [7, 11) is -3.46. The quantitative estimate of drug-likeness (QED) is 0.160. The summed E-state index contributed by atoms with van der Waals surface area (Å²) in [6.07, 6.45) is -0.868. The second kappa shape index (κ2) is 11.6.